The molecular formula is C63H99N7O30. The van der Waals surface area contributed by atoms with Gasteiger partial charge in [-0.3, -0.25) is 33.7 Å². The van der Waals surface area contributed by atoms with Crippen molar-refractivity contribution in [1.29, 1.82) is 0 Å². The van der Waals surface area contributed by atoms with Gasteiger partial charge in [0.15, 0.2) is 6.10 Å². The predicted molar refractivity (Wildman–Crippen MR) is 340 cm³/mol. The van der Waals surface area contributed by atoms with Crippen LogP contribution in [0.2, 0.25) is 0 Å². The second kappa shape index (κ2) is 47.1. The van der Waals surface area contributed by atoms with Gasteiger partial charge >= 0.3 is 12.1 Å². The number of carbonyl (C=O) groups excluding carboxylic acids is 7. The second-order valence-electron chi connectivity index (χ2n) is 23.1. The summed E-state index contributed by atoms with van der Waals surface area (Å²) in [6.07, 6.45) is -9.57. The van der Waals surface area contributed by atoms with E-state index in [0.717, 1.165) is 17.1 Å². The zero-order valence-electron chi connectivity index (χ0n) is 56.4. The third-order valence-electron chi connectivity index (χ3n) is 15.6. The minimum Gasteiger partial charge on any atom is -0.479 e. The molecule has 0 unspecified atom stereocenters. The maximum atomic E-state index is 13.2. The lowest BCUT2D eigenvalue weighted by atomic mass is 9.93. The average molecular weight is 1430 g/mol. The molecule has 100 heavy (non-hydrogen) atoms. The highest BCUT2D eigenvalue weighted by Gasteiger charge is 2.50. The van der Waals surface area contributed by atoms with Crippen molar-refractivity contribution in [2.75, 3.05) is 212 Å². The van der Waals surface area contributed by atoms with Gasteiger partial charge in [-0.25, -0.2) is 9.59 Å². The lowest BCUT2D eigenvalue weighted by Gasteiger charge is -2.49. The van der Waals surface area contributed by atoms with Crippen molar-refractivity contribution in [3.8, 4) is 5.75 Å². The van der Waals surface area contributed by atoms with Gasteiger partial charge in [0, 0.05) is 57.3 Å². The van der Waals surface area contributed by atoms with E-state index in [1.54, 1.807) is 7.11 Å². The third-order valence-corrected chi connectivity index (χ3v) is 15.6. The normalized spacial score (nSPS) is 22.2. The van der Waals surface area contributed by atoms with Gasteiger partial charge < -0.3 is 138 Å². The van der Waals surface area contributed by atoms with Crippen molar-refractivity contribution >= 4 is 47.5 Å². The summed E-state index contributed by atoms with van der Waals surface area (Å²) in [5.74, 6) is -4.84. The maximum absolute atomic E-state index is 13.2. The SMILES string of the molecule is COCCOCCOCCOCCOCCOCCOCCOCCOCCOCCOCCOCCC(=O)N1CC(CNC(=O)CCN2C(=O)C=CC2=O)(OCC(=O)NCCC(=O)NCc2cc(COC(=O)N[C@H]3CO[C@H]4[C@@H]3OC[C@@H]4N)ccc2O[C@@H]2O[C@H](C(=O)O)[C@@H](O)[C@H](O)[C@H]2O)C1. The van der Waals surface area contributed by atoms with Crippen LogP contribution in [0.25, 0.3) is 0 Å². The Hall–Kier alpha value is -6.28. The number of nitrogens with one attached hydrogen (secondary N) is 4. The summed E-state index contributed by atoms with van der Waals surface area (Å²) in [7, 11) is 1.63. The van der Waals surface area contributed by atoms with Crippen LogP contribution in [0.1, 0.15) is 30.4 Å². The number of nitrogens with zero attached hydrogens (tertiary/aromatic N) is 2. The fourth-order valence-electron chi connectivity index (χ4n) is 10.2. The molecule has 4 saturated heterocycles. The van der Waals surface area contributed by atoms with Crippen LogP contribution < -0.4 is 31.7 Å². The molecule has 37 nitrogen and oxygen atoms in total. The molecule has 566 valence electrons. The first-order chi connectivity index (χ1) is 48.5. The number of methoxy groups -OCH3 is 1. The molecule has 0 bridgehead atoms. The number of hydrogen-bond acceptors (Lipinski definition) is 30. The van der Waals surface area contributed by atoms with Crippen LogP contribution in [0.15, 0.2) is 30.4 Å². The number of hydrogen-bond donors (Lipinski definition) is 9. The van der Waals surface area contributed by atoms with Crippen LogP contribution in [0.3, 0.4) is 0 Å². The molecule has 5 heterocycles. The van der Waals surface area contributed by atoms with E-state index in [-0.39, 0.29) is 128 Å². The molecule has 7 amide bonds. The molecule has 10 N–H and O–H groups in total. The topological polar surface area (TPSA) is 464 Å². The Kier molecular flexibility index (Phi) is 38.9. The highest BCUT2D eigenvalue weighted by Crippen LogP contribution is 2.30. The van der Waals surface area contributed by atoms with E-state index < -0.39 is 96.7 Å². The standard InChI is InChI=1S/C63H99N7O30/c1-83-12-13-85-16-17-87-20-21-89-24-25-91-28-29-93-32-33-94-31-30-92-27-26-90-23-22-88-19-18-86-15-14-84-11-8-51(74)69-41-63(42-69,40-67-49(72)7-10-70-52(75)4-5-53(70)76)98-39-50(73)65-9-6-48(71)66-35-44-34-43(36-97-62(82)68-46-38-96-57-45(64)37-95-58(46)57)2-3-47(44)99-61-56(79)54(77)55(78)59(100-61)60(80)81/h2-5,34,45-46,54-59,61,77-79H,6-33,35-42,64H2,1H3,(H,65,73)(H,66,71)(H,67,72)(H,68,82)(H,80,81)/t45-,46-,54-,55-,56+,57+,58+,59-,61+/m0/s1. The van der Waals surface area contributed by atoms with Gasteiger partial charge in [-0.2, -0.15) is 0 Å². The lowest BCUT2D eigenvalue weighted by Crippen LogP contribution is -2.69. The largest absolute Gasteiger partial charge is 0.479 e. The Labute approximate surface area is 578 Å². The van der Waals surface area contributed by atoms with E-state index >= 15 is 0 Å². The van der Waals surface area contributed by atoms with E-state index in [2.05, 4.69) is 21.3 Å². The van der Waals surface area contributed by atoms with Gasteiger partial charge in [0.1, 0.15) is 55.1 Å². The smallest absolute Gasteiger partial charge is 0.407 e. The Bertz CT molecular complexity index is 2640. The van der Waals surface area contributed by atoms with Gasteiger partial charge in [0.25, 0.3) is 11.8 Å². The van der Waals surface area contributed by atoms with Crippen molar-refractivity contribution in [3.05, 3.63) is 41.5 Å². The summed E-state index contributed by atoms with van der Waals surface area (Å²) in [6, 6.07) is 3.47. The number of benzene rings is 1. The minimum atomic E-state index is -1.99. The fourth-order valence-corrected chi connectivity index (χ4v) is 10.2. The van der Waals surface area contributed by atoms with Crippen molar-refractivity contribution < 1.29 is 144 Å². The third kappa shape index (κ3) is 30.3. The number of imide groups is 1. The number of rotatable bonds is 55. The summed E-state index contributed by atoms with van der Waals surface area (Å²) in [6.45, 7) is 8.20. The molecule has 5 aliphatic rings. The fraction of sp³-hybridized carbons (Fsp3) is 0.746. The number of aliphatic hydroxyl groups excluding tert-OH is 3. The molecule has 0 aliphatic carbocycles. The van der Waals surface area contributed by atoms with Crippen LogP contribution in [0.4, 0.5) is 4.79 Å². The van der Waals surface area contributed by atoms with Gasteiger partial charge in [0.05, 0.1) is 203 Å². The van der Waals surface area contributed by atoms with Gasteiger partial charge in [-0.15, -0.1) is 0 Å². The first-order valence-corrected chi connectivity index (χ1v) is 33.2. The van der Waals surface area contributed by atoms with E-state index in [4.69, 9.17) is 91.0 Å². The van der Waals surface area contributed by atoms with Crippen molar-refractivity contribution in [1.82, 2.24) is 31.1 Å². The number of ether oxygens (including phenoxy) is 18. The van der Waals surface area contributed by atoms with E-state index in [0.29, 0.717) is 138 Å². The van der Waals surface area contributed by atoms with E-state index in [1.165, 1.54) is 23.1 Å². The quantitative estimate of drug-likeness (QED) is 0.0218. The molecule has 0 aromatic heterocycles. The van der Waals surface area contributed by atoms with Gasteiger partial charge in [-0.1, -0.05) is 6.07 Å². The van der Waals surface area contributed by atoms with E-state index in [1.807, 2.05) is 0 Å². The van der Waals surface area contributed by atoms with Gasteiger partial charge in [0.2, 0.25) is 29.9 Å². The molecule has 0 spiro atoms. The molecule has 5 aliphatic heterocycles. The minimum absolute atomic E-state index is 0.00775. The van der Waals surface area contributed by atoms with E-state index in [9.17, 15) is 58.8 Å². The molecule has 6 rings (SSSR count). The number of carbonyl (C=O) groups is 8. The van der Waals surface area contributed by atoms with Crippen LogP contribution in [0, 0.1) is 0 Å². The number of carboxylic acids is 1. The zero-order valence-corrected chi connectivity index (χ0v) is 56.4. The number of nitrogens with two attached hydrogens (primary N) is 1. The van der Waals surface area contributed by atoms with Crippen LogP contribution >= 0.6 is 0 Å². The second-order valence-corrected chi connectivity index (χ2v) is 23.1. The number of fused-ring (bicyclic) bond motifs is 1. The number of amides is 7. The van der Waals surface area contributed by atoms with Crippen molar-refractivity contribution in [2.45, 2.75) is 93.0 Å². The number of carboxylic acid groups (broad SMARTS) is 1. The number of likely N-dealkylation sites (tertiary alicyclic amines) is 1. The molecule has 1 aromatic carbocycles. The Morgan fingerprint density at radius 1 is 0.600 bits per heavy atom. The lowest BCUT2D eigenvalue weighted by molar-refractivity contribution is -0.271. The van der Waals surface area contributed by atoms with Crippen LogP contribution in [-0.2, 0) is 127 Å². The highest BCUT2D eigenvalue weighted by molar-refractivity contribution is 6.13. The molecule has 9 atom stereocenters. The number of aliphatic hydroxyl groups is 3. The molecule has 1 aromatic rings. The summed E-state index contributed by atoms with van der Waals surface area (Å²) in [5.41, 5.74) is 5.39. The Morgan fingerprint density at radius 3 is 1.64 bits per heavy atom. The first-order valence-electron chi connectivity index (χ1n) is 33.2. The number of alkyl carbamates (subject to hydrolysis) is 1. The van der Waals surface area contributed by atoms with Crippen LogP contribution in [0.5, 0.6) is 5.75 Å². The maximum Gasteiger partial charge on any atom is 0.407 e. The molecule has 0 radical (unpaired) electrons. The summed E-state index contributed by atoms with van der Waals surface area (Å²) < 4.78 is 99.2. The molecule has 4 fully saturated rings. The van der Waals surface area contributed by atoms with Crippen molar-refractivity contribution in [3.63, 3.8) is 0 Å². The summed E-state index contributed by atoms with van der Waals surface area (Å²) >= 11 is 0. The predicted octanol–water partition coefficient (Wildman–Crippen LogP) is -4.95. The summed E-state index contributed by atoms with van der Waals surface area (Å²) in [4.78, 5) is 104. The van der Waals surface area contributed by atoms with Gasteiger partial charge in [-0.05, 0) is 17.7 Å². The monoisotopic (exact) mass is 1430 g/mol. The summed E-state index contributed by atoms with van der Waals surface area (Å²) in [5, 5.41) is 51.5. The first kappa shape index (κ1) is 82.7. The van der Waals surface area contributed by atoms with Crippen LogP contribution in [-0.4, -0.2) is 350 Å². The van der Waals surface area contributed by atoms with Crippen molar-refractivity contribution in [2.24, 2.45) is 5.73 Å². The Morgan fingerprint density at radius 2 is 1.11 bits per heavy atom. The Balaban J connectivity index is 0.807. The highest BCUT2D eigenvalue weighted by atomic mass is 16.7. The zero-order chi connectivity index (χ0) is 71.7. The number of aliphatic carboxylic acids is 1. The molecular weight excluding hydrogens is 1330 g/mol. The molecule has 0 saturated carbocycles. The molecule has 37 heteroatoms. The average Bonchev–Trinajstić information content (AvgIpc) is 1.29.